The van der Waals surface area contributed by atoms with Crippen LogP contribution in [-0.4, -0.2) is 39.0 Å². The molecule has 1 aliphatic heterocycles. The predicted octanol–water partition coefficient (Wildman–Crippen LogP) is 3.45. The number of nitrogens with one attached hydrogen (secondary N) is 1. The minimum Gasteiger partial charge on any atom is -0.477 e. The molecule has 1 fully saturated rings. The van der Waals surface area contributed by atoms with Crippen LogP contribution in [-0.2, 0) is 11.2 Å². The molecule has 0 bridgehead atoms. The molecular weight excluding hydrogens is 411 g/mol. The maximum Gasteiger partial charge on any atom is 0.446 e. The molecule has 1 aromatic heterocycles. The lowest BCUT2D eigenvalue weighted by molar-refractivity contribution is -0.121. The molecule has 0 saturated carbocycles. The number of nitrogens with zero attached hydrogens (tertiary/aromatic N) is 2. The number of thioether (sulfide) groups is 1. The van der Waals surface area contributed by atoms with Gasteiger partial charge < -0.3 is 10.4 Å². The SMILES string of the molecule is CC1(Cc2ccnc(C(=O)O)c2)NC(=O)N(c2ccc(SC(F)(F)F)cc2)C1=O. The van der Waals surface area contributed by atoms with Crippen LogP contribution in [0.5, 0.6) is 0 Å². The van der Waals surface area contributed by atoms with Crippen molar-refractivity contribution in [2.45, 2.75) is 29.3 Å². The number of pyridine rings is 1. The van der Waals surface area contributed by atoms with Crippen LogP contribution in [0.3, 0.4) is 0 Å². The molecule has 1 aromatic carbocycles. The number of carboxylic acid groups (broad SMARTS) is 1. The fourth-order valence-corrected chi connectivity index (χ4v) is 3.48. The number of carboxylic acids is 1. The standard InChI is InChI=1S/C18H14F3N3O4S/c1-17(9-10-6-7-22-13(8-10)14(25)26)15(27)24(16(28)23-17)11-2-4-12(5-3-11)29-18(19,20)21/h2-8H,9H2,1H3,(H,23,28)(H,25,26). The number of aromatic nitrogens is 1. The van der Waals surface area contributed by atoms with Crippen molar-refractivity contribution in [3.63, 3.8) is 0 Å². The van der Waals surface area contributed by atoms with Crippen LogP contribution in [0.15, 0.2) is 47.5 Å². The van der Waals surface area contributed by atoms with E-state index in [2.05, 4.69) is 10.3 Å². The van der Waals surface area contributed by atoms with Gasteiger partial charge in [-0.2, -0.15) is 13.2 Å². The summed E-state index contributed by atoms with van der Waals surface area (Å²) in [7, 11) is 0. The first-order chi connectivity index (χ1) is 13.5. The van der Waals surface area contributed by atoms with Gasteiger partial charge in [-0.05, 0) is 60.6 Å². The Bertz CT molecular complexity index is 981. The van der Waals surface area contributed by atoms with Crippen molar-refractivity contribution in [1.82, 2.24) is 10.3 Å². The van der Waals surface area contributed by atoms with Crippen LogP contribution in [0.2, 0.25) is 0 Å². The Balaban J connectivity index is 1.82. The van der Waals surface area contributed by atoms with Crippen LogP contribution >= 0.6 is 11.8 Å². The van der Waals surface area contributed by atoms with Crippen LogP contribution in [0.4, 0.5) is 23.7 Å². The van der Waals surface area contributed by atoms with E-state index in [4.69, 9.17) is 5.11 Å². The van der Waals surface area contributed by atoms with Crippen molar-refractivity contribution in [2.75, 3.05) is 4.90 Å². The van der Waals surface area contributed by atoms with E-state index in [0.717, 1.165) is 4.90 Å². The zero-order chi connectivity index (χ0) is 21.4. The summed E-state index contributed by atoms with van der Waals surface area (Å²) in [5, 5.41) is 11.6. The van der Waals surface area contributed by atoms with Crippen molar-refractivity contribution in [2.24, 2.45) is 0 Å². The van der Waals surface area contributed by atoms with Crippen LogP contribution in [0.1, 0.15) is 23.0 Å². The van der Waals surface area contributed by atoms with Gasteiger partial charge >= 0.3 is 17.5 Å². The van der Waals surface area contributed by atoms with Gasteiger partial charge in [0.2, 0.25) is 0 Å². The van der Waals surface area contributed by atoms with Gasteiger partial charge in [0.25, 0.3) is 5.91 Å². The van der Waals surface area contributed by atoms with E-state index in [-0.39, 0.29) is 34.5 Å². The van der Waals surface area contributed by atoms with Crippen molar-refractivity contribution in [3.8, 4) is 0 Å². The van der Waals surface area contributed by atoms with E-state index < -0.39 is 29.0 Å². The van der Waals surface area contributed by atoms with Gasteiger partial charge in [-0.1, -0.05) is 0 Å². The first-order valence-corrected chi connectivity index (χ1v) is 9.01. The molecule has 11 heteroatoms. The third kappa shape index (κ3) is 4.50. The van der Waals surface area contributed by atoms with Gasteiger partial charge in [-0.25, -0.2) is 19.5 Å². The molecule has 29 heavy (non-hydrogen) atoms. The molecule has 1 aliphatic rings. The summed E-state index contributed by atoms with van der Waals surface area (Å²) in [5.74, 6) is -1.83. The number of carbonyl (C=O) groups is 3. The number of amides is 3. The normalized spacial score (nSPS) is 19.4. The second kappa shape index (κ2) is 7.39. The summed E-state index contributed by atoms with van der Waals surface area (Å²) in [5.41, 5.74) is -5.39. The van der Waals surface area contributed by atoms with Gasteiger partial charge in [0.15, 0.2) is 0 Å². The van der Waals surface area contributed by atoms with Gasteiger partial charge in [0.05, 0.1) is 5.69 Å². The average Bonchev–Trinajstić information content (AvgIpc) is 2.83. The molecule has 7 nitrogen and oxygen atoms in total. The Morgan fingerprint density at radius 3 is 2.48 bits per heavy atom. The summed E-state index contributed by atoms with van der Waals surface area (Å²) < 4.78 is 37.3. The van der Waals surface area contributed by atoms with Crippen LogP contribution < -0.4 is 10.2 Å². The number of benzene rings is 1. The van der Waals surface area contributed by atoms with E-state index in [1.165, 1.54) is 49.5 Å². The zero-order valence-corrected chi connectivity index (χ0v) is 15.7. The Hall–Kier alpha value is -3.08. The van der Waals surface area contributed by atoms with Crippen molar-refractivity contribution < 1.29 is 32.7 Å². The molecule has 0 radical (unpaired) electrons. The molecule has 1 saturated heterocycles. The van der Waals surface area contributed by atoms with Crippen molar-refractivity contribution in [3.05, 3.63) is 53.9 Å². The number of urea groups is 1. The largest absolute Gasteiger partial charge is 0.477 e. The monoisotopic (exact) mass is 425 g/mol. The number of halogens is 3. The molecule has 2 N–H and O–H groups in total. The summed E-state index contributed by atoms with van der Waals surface area (Å²) in [6.45, 7) is 1.49. The lowest BCUT2D eigenvalue weighted by Crippen LogP contribution is -2.46. The summed E-state index contributed by atoms with van der Waals surface area (Å²) in [6, 6.07) is 6.97. The highest BCUT2D eigenvalue weighted by atomic mass is 32.2. The van der Waals surface area contributed by atoms with E-state index in [1.807, 2.05) is 0 Å². The summed E-state index contributed by atoms with van der Waals surface area (Å²) >= 11 is -0.299. The molecule has 3 amide bonds. The van der Waals surface area contributed by atoms with E-state index in [1.54, 1.807) is 0 Å². The Kier molecular flexibility index (Phi) is 5.26. The third-order valence-corrected chi connectivity index (χ3v) is 4.93. The fraction of sp³-hybridized carbons (Fsp3) is 0.222. The highest BCUT2D eigenvalue weighted by Crippen LogP contribution is 2.38. The highest BCUT2D eigenvalue weighted by molar-refractivity contribution is 8.00. The molecule has 1 atom stereocenters. The molecule has 3 rings (SSSR count). The quantitative estimate of drug-likeness (QED) is 0.562. The summed E-state index contributed by atoms with van der Waals surface area (Å²) in [6.07, 6.45) is 1.30. The third-order valence-electron chi connectivity index (χ3n) is 4.19. The van der Waals surface area contributed by atoms with Crippen molar-refractivity contribution >= 4 is 35.4 Å². The first-order valence-electron chi connectivity index (χ1n) is 8.19. The molecule has 0 spiro atoms. The maximum absolute atomic E-state index is 12.9. The van der Waals surface area contributed by atoms with E-state index in [9.17, 15) is 27.6 Å². The topological polar surface area (TPSA) is 99.6 Å². The number of rotatable bonds is 5. The smallest absolute Gasteiger partial charge is 0.446 e. The Morgan fingerprint density at radius 2 is 1.90 bits per heavy atom. The van der Waals surface area contributed by atoms with Crippen molar-refractivity contribution in [1.29, 1.82) is 0 Å². The number of anilines is 1. The molecule has 0 aliphatic carbocycles. The van der Waals surface area contributed by atoms with E-state index >= 15 is 0 Å². The summed E-state index contributed by atoms with van der Waals surface area (Å²) in [4.78, 5) is 40.8. The molecule has 1 unspecified atom stereocenters. The Morgan fingerprint density at radius 1 is 1.24 bits per heavy atom. The minimum absolute atomic E-state index is 0.0128. The van der Waals surface area contributed by atoms with Gasteiger partial charge in [-0.3, -0.25) is 4.79 Å². The second-order valence-corrected chi connectivity index (χ2v) is 7.61. The maximum atomic E-state index is 12.9. The first kappa shape index (κ1) is 20.6. The van der Waals surface area contributed by atoms with Gasteiger partial charge in [0, 0.05) is 17.5 Å². The number of hydrogen-bond acceptors (Lipinski definition) is 5. The minimum atomic E-state index is -4.44. The van der Waals surface area contributed by atoms with Crippen LogP contribution in [0, 0.1) is 0 Å². The average molecular weight is 425 g/mol. The molecule has 2 heterocycles. The molecule has 152 valence electrons. The number of imide groups is 1. The Labute approximate surface area is 166 Å². The van der Waals surface area contributed by atoms with Crippen LogP contribution in [0.25, 0.3) is 0 Å². The zero-order valence-electron chi connectivity index (χ0n) is 14.9. The number of alkyl halides is 3. The number of hydrogen-bond donors (Lipinski definition) is 2. The molecule has 2 aromatic rings. The predicted molar refractivity (Wildman–Crippen MR) is 97.7 cm³/mol. The lowest BCUT2D eigenvalue weighted by atomic mass is 9.93. The fourth-order valence-electron chi connectivity index (χ4n) is 2.95. The van der Waals surface area contributed by atoms with E-state index in [0.29, 0.717) is 5.56 Å². The molecular formula is C18H14F3N3O4S. The lowest BCUT2D eigenvalue weighted by Gasteiger charge is -2.22. The van der Waals surface area contributed by atoms with Gasteiger partial charge in [0.1, 0.15) is 11.2 Å². The number of aromatic carboxylic acids is 1. The van der Waals surface area contributed by atoms with Gasteiger partial charge in [-0.15, -0.1) is 0 Å². The number of carbonyl (C=O) groups excluding carboxylic acids is 2. The second-order valence-electron chi connectivity index (χ2n) is 6.48. The highest BCUT2D eigenvalue weighted by Gasteiger charge is 2.48.